The Morgan fingerprint density at radius 2 is 1.89 bits per heavy atom. The highest BCUT2D eigenvalue weighted by atomic mass is 16.3. The third kappa shape index (κ3) is 2.28. The summed E-state index contributed by atoms with van der Waals surface area (Å²) < 4.78 is 0. The summed E-state index contributed by atoms with van der Waals surface area (Å²) in [5.41, 5.74) is -0.568. The fraction of sp³-hybridized carbons (Fsp3) is 0.929. The van der Waals surface area contributed by atoms with Crippen molar-refractivity contribution in [1.82, 2.24) is 10.2 Å². The number of hydrogen-bond donors (Lipinski definition) is 2. The van der Waals surface area contributed by atoms with E-state index in [1.54, 1.807) is 0 Å². The molecule has 102 valence electrons. The largest absolute Gasteiger partial charge is 0.379 e. The number of hydrogen-bond acceptors (Lipinski definition) is 3. The van der Waals surface area contributed by atoms with Crippen molar-refractivity contribution >= 4 is 5.91 Å². The molecular weight excluding hydrogens is 228 g/mol. The molecule has 1 amide bonds. The maximum absolute atomic E-state index is 12.5. The number of piperidine rings is 1. The third-order valence-electron chi connectivity index (χ3n) is 5.05. The molecule has 4 heteroatoms. The fourth-order valence-corrected chi connectivity index (χ4v) is 3.50. The van der Waals surface area contributed by atoms with Crippen molar-refractivity contribution in [1.29, 1.82) is 0 Å². The van der Waals surface area contributed by atoms with Gasteiger partial charge in [-0.2, -0.15) is 0 Å². The molecule has 3 rings (SSSR count). The standard InChI is InChI=1S/C14H24N2O2/c17-12(14(18)4-1-8-15-11-14)16-9-2-3-13(5-6-13)7-10-16/h15,18H,1-11H2. The first-order valence-electron chi connectivity index (χ1n) is 7.36. The van der Waals surface area contributed by atoms with E-state index in [1.165, 1.54) is 19.3 Å². The quantitative estimate of drug-likeness (QED) is 0.729. The summed E-state index contributed by atoms with van der Waals surface area (Å²) in [5, 5.41) is 13.6. The number of carbonyl (C=O) groups is 1. The highest BCUT2D eigenvalue weighted by molar-refractivity contribution is 5.85. The lowest BCUT2D eigenvalue weighted by Crippen LogP contribution is -2.57. The van der Waals surface area contributed by atoms with Gasteiger partial charge < -0.3 is 15.3 Å². The van der Waals surface area contributed by atoms with Gasteiger partial charge in [0.15, 0.2) is 5.60 Å². The van der Waals surface area contributed by atoms with Crippen LogP contribution in [0.25, 0.3) is 0 Å². The zero-order valence-electron chi connectivity index (χ0n) is 11.1. The molecule has 2 aliphatic heterocycles. The number of carbonyl (C=O) groups excluding carboxylic acids is 1. The van der Waals surface area contributed by atoms with E-state index in [0.717, 1.165) is 38.9 Å². The number of β-amino-alcohol motifs (C(OH)–C–C–N with tert-alkyl or cyclic N) is 1. The van der Waals surface area contributed by atoms with E-state index in [0.29, 0.717) is 18.4 Å². The van der Waals surface area contributed by atoms with Crippen LogP contribution in [-0.2, 0) is 4.79 Å². The molecular formula is C14H24N2O2. The molecule has 2 heterocycles. The molecule has 3 aliphatic rings. The van der Waals surface area contributed by atoms with Crippen LogP contribution in [0.2, 0.25) is 0 Å². The Balaban J connectivity index is 1.64. The van der Waals surface area contributed by atoms with Crippen LogP contribution in [0.15, 0.2) is 0 Å². The van der Waals surface area contributed by atoms with Crippen LogP contribution in [0.5, 0.6) is 0 Å². The number of rotatable bonds is 1. The Labute approximate surface area is 109 Å². The Morgan fingerprint density at radius 1 is 1.06 bits per heavy atom. The van der Waals surface area contributed by atoms with Crippen molar-refractivity contribution in [2.75, 3.05) is 26.2 Å². The predicted molar refractivity (Wildman–Crippen MR) is 69.2 cm³/mol. The van der Waals surface area contributed by atoms with Gasteiger partial charge in [0.1, 0.15) is 0 Å². The summed E-state index contributed by atoms with van der Waals surface area (Å²) in [5.74, 6) is -0.0348. The van der Waals surface area contributed by atoms with Crippen LogP contribution >= 0.6 is 0 Å². The van der Waals surface area contributed by atoms with E-state index in [4.69, 9.17) is 0 Å². The van der Waals surface area contributed by atoms with Crippen LogP contribution in [0, 0.1) is 5.41 Å². The van der Waals surface area contributed by atoms with E-state index in [-0.39, 0.29) is 5.91 Å². The maximum atomic E-state index is 12.5. The van der Waals surface area contributed by atoms with Crippen LogP contribution in [0.3, 0.4) is 0 Å². The highest BCUT2D eigenvalue weighted by Gasteiger charge is 2.46. The summed E-state index contributed by atoms with van der Waals surface area (Å²) >= 11 is 0. The molecule has 18 heavy (non-hydrogen) atoms. The van der Waals surface area contributed by atoms with Crippen LogP contribution in [0.1, 0.15) is 44.9 Å². The Kier molecular flexibility index (Phi) is 3.10. The SMILES string of the molecule is O=C(N1CCCC2(CC1)CC2)C1(O)CCCNC1. The molecule has 1 unspecified atom stereocenters. The lowest BCUT2D eigenvalue weighted by molar-refractivity contribution is -0.153. The van der Waals surface area contributed by atoms with Crippen molar-refractivity contribution < 1.29 is 9.90 Å². The van der Waals surface area contributed by atoms with Gasteiger partial charge >= 0.3 is 0 Å². The van der Waals surface area contributed by atoms with Gasteiger partial charge in [0.2, 0.25) is 0 Å². The van der Waals surface area contributed by atoms with Crippen molar-refractivity contribution in [3.63, 3.8) is 0 Å². The second-order valence-electron chi connectivity index (χ2n) is 6.46. The Morgan fingerprint density at radius 3 is 2.56 bits per heavy atom. The molecule has 3 fully saturated rings. The zero-order valence-corrected chi connectivity index (χ0v) is 11.1. The smallest absolute Gasteiger partial charge is 0.255 e. The molecule has 1 saturated carbocycles. The first-order valence-corrected chi connectivity index (χ1v) is 7.36. The molecule has 1 atom stereocenters. The monoisotopic (exact) mass is 252 g/mol. The van der Waals surface area contributed by atoms with E-state index < -0.39 is 5.60 Å². The molecule has 0 aromatic heterocycles. The van der Waals surface area contributed by atoms with Gasteiger partial charge in [-0.3, -0.25) is 4.79 Å². The van der Waals surface area contributed by atoms with Crippen LogP contribution in [-0.4, -0.2) is 47.7 Å². The number of nitrogens with zero attached hydrogens (tertiary/aromatic N) is 1. The first-order chi connectivity index (χ1) is 8.64. The van der Waals surface area contributed by atoms with Crippen molar-refractivity contribution in [2.45, 2.75) is 50.5 Å². The zero-order chi connectivity index (χ0) is 12.6. The van der Waals surface area contributed by atoms with Gasteiger partial charge in [-0.1, -0.05) is 0 Å². The molecule has 2 saturated heterocycles. The molecule has 0 bridgehead atoms. The maximum Gasteiger partial charge on any atom is 0.255 e. The summed E-state index contributed by atoms with van der Waals surface area (Å²) in [6.45, 7) is 3.02. The van der Waals surface area contributed by atoms with Crippen molar-refractivity contribution in [3.8, 4) is 0 Å². The minimum Gasteiger partial charge on any atom is -0.379 e. The number of amides is 1. The fourth-order valence-electron chi connectivity index (χ4n) is 3.50. The summed E-state index contributed by atoms with van der Waals surface area (Å²) in [6.07, 6.45) is 7.72. The van der Waals surface area contributed by atoms with Gasteiger partial charge in [0, 0.05) is 19.6 Å². The minimum atomic E-state index is -1.14. The second-order valence-corrected chi connectivity index (χ2v) is 6.46. The van der Waals surface area contributed by atoms with Crippen molar-refractivity contribution in [2.24, 2.45) is 5.41 Å². The molecule has 0 radical (unpaired) electrons. The lowest BCUT2D eigenvalue weighted by Gasteiger charge is -2.35. The number of likely N-dealkylation sites (tertiary alicyclic amines) is 1. The topological polar surface area (TPSA) is 52.6 Å². The van der Waals surface area contributed by atoms with Gasteiger partial charge in [-0.05, 0) is 56.9 Å². The van der Waals surface area contributed by atoms with Gasteiger partial charge in [-0.15, -0.1) is 0 Å². The van der Waals surface area contributed by atoms with Gasteiger partial charge in [0.25, 0.3) is 5.91 Å². The highest BCUT2D eigenvalue weighted by Crippen LogP contribution is 2.53. The molecule has 1 aliphatic carbocycles. The Hall–Kier alpha value is -0.610. The minimum absolute atomic E-state index is 0.0348. The van der Waals surface area contributed by atoms with E-state index >= 15 is 0 Å². The second kappa shape index (κ2) is 4.49. The normalized spacial score (nSPS) is 35.3. The molecule has 0 aromatic carbocycles. The lowest BCUT2D eigenvalue weighted by atomic mass is 9.92. The average Bonchev–Trinajstić information content (AvgIpc) is 3.17. The van der Waals surface area contributed by atoms with Crippen molar-refractivity contribution in [3.05, 3.63) is 0 Å². The number of nitrogens with one attached hydrogen (secondary N) is 1. The molecule has 4 nitrogen and oxygen atoms in total. The van der Waals surface area contributed by atoms with E-state index in [2.05, 4.69) is 5.32 Å². The molecule has 0 aromatic rings. The van der Waals surface area contributed by atoms with Crippen LogP contribution < -0.4 is 5.32 Å². The van der Waals surface area contributed by atoms with Gasteiger partial charge in [-0.25, -0.2) is 0 Å². The van der Waals surface area contributed by atoms with Crippen LogP contribution in [0.4, 0.5) is 0 Å². The molecule has 2 N–H and O–H groups in total. The van der Waals surface area contributed by atoms with E-state index in [1.807, 2.05) is 4.90 Å². The first kappa shape index (κ1) is 12.4. The third-order valence-corrected chi connectivity index (χ3v) is 5.05. The number of aliphatic hydroxyl groups is 1. The average molecular weight is 252 g/mol. The Bertz CT molecular complexity index is 333. The summed E-state index contributed by atoms with van der Waals surface area (Å²) in [4.78, 5) is 14.4. The van der Waals surface area contributed by atoms with E-state index in [9.17, 15) is 9.90 Å². The molecule has 1 spiro atoms. The predicted octanol–water partition coefficient (Wildman–Crippen LogP) is 0.894. The summed E-state index contributed by atoms with van der Waals surface area (Å²) in [6, 6.07) is 0. The summed E-state index contributed by atoms with van der Waals surface area (Å²) in [7, 11) is 0. The van der Waals surface area contributed by atoms with Gasteiger partial charge in [0.05, 0.1) is 0 Å².